The molecule has 0 aliphatic heterocycles. The summed E-state index contributed by atoms with van der Waals surface area (Å²) in [5, 5.41) is 1.11. The average Bonchev–Trinajstić information content (AvgIpc) is 3.03. The van der Waals surface area contributed by atoms with Gasteiger partial charge < -0.3 is 10.3 Å². The lowest BCUT2D eigenvalue weighted by Gasteiger charge is -2.09. The van der Waals surface area contributed by atoms with Crippen LogP contribution in [0.3, 0.4) is 0 Å². The Morgan fingerprint density at radius 2 is 1.78 bits per heavy atom. The number of hydrogen-bond donors (Lipinski definition) is 2. The Hall–Kier alpha value is -2.57. The quantitative estimate of drug-likeness (QED) is 0.365. The molecule has 0 aliphatic rings. The van der Waals surface area contributed by atoms with Gasteiger partial charge in [-0.25, -0.2) is 9.97 Å². The minimum atomic E-state index is 0.506. The van der Waals surface area contributed by atoms with E-state index in [1.165, 1.54) is 4.90 Å². The first-order chi connectivity index (χ1) is 13.2. The van der Waals surface area contributed by atoms with Gasteiger partial charge in [0, 0.05) is 23.4 Å². The Morgan fingerprint density at radius 1 is 1.00 bits per heavy atom. The number of aryl methyl sites for hydroxylation is 2. The molecule has 5 nitrogen and oxygen atoms in total. The molecule has 4 aromatic rings. The second-order valence-electron chi connectivity index (χ2n) is 6.54. The molecule has 2 aromatic carbocycles. The van der Waals surface area contributed by atoms with Crippen LogP contribution in [0.25, 0.3) is 21.9 Å². The van der Waals surface area contributed by atoms with Crippen molar-refractivity contribution >= 4 is 39.7 Å². The van der Waals surface area contributed by atoms with E-state index in [1.807, 2.05) is 31.2 Å². The molecule has 0 saturated carbocycles. The molecule has 0 aliphatic carbocycles. The molecule has 0 atom stereocenters. The fourth-order valence-electron chi connectivity index (χ4n) is 3.33. The van der Waals surface area contributed by atoms with Crippen molar-refractivity contribution in [3.63, 3.8) is 0 Å². The SMILES string of the molecule is Cc1nc2c(N)nc3ccccc3c2n1CCCCNSc1ccccc1. The molecule has 6 heteroatoms. The average molecular weight is 378 g/mol. The molecule has 0 saturated heterocycles. The third-order valence-electron chi connectivity index (χ3n) is 4.64. The van der Waals surface area contributed by atoms with Gasteiger partial charge in [-0.15, -0.1) is 0 Å². The van der Waals surface area contributed by atoms with E-state index >= 15 is 0 Å². The van der Waals surface area contributed by atoms with Gasteiger partial charge in [-0.3, -0.25) is 4.72 Å². The Balaban J connectivity index is 1.44. The zero-order valence-corrected chi connectivity index (χ0v) is 16.2. The van der Waals surface area contributed by atoms with Crippen LogP contribution in [0, 0.1) is 6.92 Å². The molecule has 0 unspecified atom stereocenters. The first kappa shape index (κ1) is 17.8. The van der Waals surface area contributed by atoms with Crippen molar-refractivity contribution in [3.8, 4) is 0 Å². The zero-order chi connectivity index (χ0) is 18.6. The molecule has 2 heterocycles. The smallest absolute Gasteiger partial charge is 0.152 e. The van der Waals surface area contributed by atoms with Crippen molar-refractivity contribution in [1.29, 1.82) is 0 Å². The van der Waals surface area contributed by atoms with Crippen LogP contribution < -0.4 is 10.5 Å². The molecular formula is C21H23N5S. The van der Waals surface area contributed by atoms with E-state index in [4.69, 9.17) is 5.73 Å². The van der Waals surface area contributed by atoms with E-state index in [0.717, 1.165) is 53.7 Å². The maximum absolute atomic E-state index is 6.15. The molecule has 138 valence electrons. The molecule has 4 rings (SSSR count). The lowest BCUT2D eigenvalue weighted by atomic mass is 10.2. The number of fused-ring (bicyclic) bond motifs is 3. The van der Waals surface area contributed by atoms with E-state index in [9.17, 15) is 0 Å². The third kappa shape index (κ3) is 3.77. The predicted octanol–water partition coefficient (Wildman–Crippen LogP) is 4.55. The van der Waals surface area contributed by atoms with Crippen molar-refractivity contribution in [2.24, 2.45) is 0 Å². The summed E-state index contributed by atoms with van der Waals surface area (Å²) < 4.78 is 5.71. The van der Waals surface area contributed by atoms with Gasteiger partial charge in [0.1, 0.15) is 11.3 Å². The fraction of sp³-hybridized carbons (Fsp3) is 0.238. The molecular weight excluding hydrogens is 354 g/mol. The molecule has 0 radical (unpaired) electrons. The van der Waals surface area contributed by atoms with Gasteiger partial charge in [0.2, 0.25) is 0 Å². The number of hydrogen-bond acceptors (Lipinski definition) is 5. The van der Waals surface area contributed by atoms with E-state index in [-0.39, 0.29) is 0 Å². The highest BCUT2D eigenvalue weighted by molar-refractivity contribution is 7.97. The number of aromatic nitrogens is 3. The van der Waals surface area contributed by atoms with Crippen molar-refractivity contribution < 1.29 is 0 Å². The van der Waals surface area contributed by atoms with E-state index in [1.54, 1.807) is 11.9 Å². The van der Waals surface area contributed by atoms with Crippen LogP contribution in [-0.4, -0.2) is 21.1 Å². The summed E-state index contributed by atoms with van der Waals surface area (Å²) in [4.78, 5) is 10.4. The van der Waals surface area contributed by atoms with E-state index < -0.39 is 0 Å². The third-order valence-corrected chi connectivity index (χ3v) is 5.50. The summed E-state index contributed by atoms with van der Waals surface area (Å²) in [7, 11) is 0. The molecule has 27 heavy (non-hydrogen) atoms. The monoisotopic (exact) mass is 377 g/mol. The molecule has 3 N–H and O–H groups in total. The first-order valence-electron chi connectivity index (χ1n) is 9.20. The number of unbranched alkanes of at least 4 members (excludes halogenated alkanes) is 1. The Morgan fingerprint density at radius 3 is 2.63 bits per heavy atom. The topological polar surface area (TPSA) is 68.8 Å². The minimum absolute atomic E-state index is 0.506. The standard InChI is InChI=1S/C21H23N5S/c1-15-24-19-20(17-11-5-6-12-18(17)25-21(19)22)26(15)14-8-7-13-23-27-16-9-3-2-4-10-16/h2-6,9-12,23H,7-8,13-14H2,1H3,(H2,22,25). The van der Waals surface area contributed by atoms with Gasteiger partial charge in [0.05, 0.1) is 11.0 Å². The van der Waals surface area contributed by atoms with Gasteiger partial charge in [-0.05, 0) is 49.9 Å². The van der Waals surface area contributed by atoms with Crippen molar-refractivity contribution in [2.45, 2.75) is 31.2 Å². The Kier molecular flexibility index (Phi) is 5.27. The molecule has 0 spiro atoms. The maximum Gasteiger partial charge on any atom is 0.152 e. The van der Waals surface area contributed by atoms with Crippen LogP contribution in [0.4, 0.5) is 5.82 Å². The largest absolute Gasteiger partial charge is 0.382 e. The number of nitrogens with two attached hydrogens (primary N) is 1. The van der Waals surface area contributed by atoms with Gasteiger partial charge >= 0.3 is 0 Å². The van der Waals surface area contributed by atoms with Crippen LogP contribution >= 0.6 is 11.9 Å². The van der Waals surface area contributed by atoms with Crippen LogP contribution in [-0.2, 0) is 6.54 Å². The molecule has 0 amide bonds. The fourth-order valence-corrected chi connectivity index (χ4v) is 4.04. The number of anilines is 1. The summed E-state index contributed by atoms with van der Waals surface area (Å²) in [5.74, 6) is 1.49. The molecule has 2 aromatic heterocycles. The summed E-state index contributed by atoms with van der Waals surface area (Å²) >= 11 is 1.68. The number of nitrogen functional groups attached to an aromatic ring is 1. The summed E-state index contributed by atoms with van der Waals surface area (Å²) in [5.41, 5.74) is 8.98. The van der Waals surface area contributed by atoms with E-state index in [2.05, 4.69) is 49.6 Å². The Bertz CT molecular complexity index is 1060. The number of nitrogens with one attached hydrogen (secondary N) is 1. The number of pyridine rings is 1. The van der Waals surface area contributed by atoms with E-state index in [0.29, 0.717) is 5.82 Å². The van der Waals surface area contributed by atoms with Gasteiger partial charge in [0.25, 0.3) is 0 Å². The normalized spacial score (nSPS) is 11.4. The molecule has 0 fully saturated rings. The van der Waals surface area contributed by atoms with Crippen molar-refractivity contribution in [3.05, 3.63) is 60.4 Å². The highest BCUT2D eigenvalue weighted by Crippen LogP contribution is 2.28. The zero-order valence-electron chi connectivity index (χ0n) is 15.4. The minimum Gasteiger partial charge on any atom is -0.382 e. The lowest BCUT2D eigenvalue weighted by molar-refractivity contribution is 0.608. The van der Waals surface area contributed by atoms with Crippen LogP contribution in [0.5, 0.6) is 0 Å². The van der Waals surface area contributed by atoms with Gasteiger partial charge in [-0.1, -0.05) is 36.4 Å². The number of rotatable bonds is 7. The predicted molar refractivity (Wildman–Crippen MR) is 114 cm³/mol. The molecule has 0 bridgehead atoms. The first-order valence-corrected chi connectivity index (χ1v) is 10.0. The Labute approximate surface area is 163 Å². The van der Waals surface area contributed by atoms with Crippen LogP contribution in [0.15, 0.2) is 59.5 Å². The second-order valence-corrected chi connectivity index (χ2v) is 7.50. The summed E-state index contributed by atoms with van der Waals surface area (Å²) in [6.07, 6.45) is 2.17. The van der Waals surface area contributed by atoms with Gasteiger partial charge in [0.15, 0.2) is 5.82 Å². The van der Waals surface area contributed by atoms with Gasteiger partial charge in [-0.2, -0.15) is 0 Å². The summed E-state index contributed by atoms with van der Waals surface area (Å²) in [6, 6.07) is 18.5. The second kappa shape index (κ2) is 7.98. The maximum atomic E-state index is 6.15. The number of benzene rings is 2. The van der Waals surface area contributed by atoms with Crippen molar-refractivity contribution in [2.75, 3.05) is 12.3 Å². The number of para-hydroxylation sites is 1. The number of nitrogens with zero attached hydrogens (tertiary/aromatic N) is 3. The van der Waals surface area contributed by atoms with Crippen LogP contribution in [0.2, 0.25) is 0 Å². The summed E-state index contributed by atoms with van der Waals surface area (Å²) in [6.45, 7) is 3.93. The van der Waals surface area contributed by atoms with Crippen molar-refractivity contribution in [1.82, 2.24) is 19.3 Å². The highest BCUT2D eigenvalue weighted by Gasteiger charge is 2.14. The lowest BCUT2D eigenvalue weighted by Crippen LogP contribution is -2.08. The van der Waals surface area contributed by atoms with Crippen LogP contribution in [0.1, 0.15) is 18.7 Å². The number of imidazole rings is 1. The highest BCUT2D eigenvalue weighted by atomic mass is 32.2.